The van der Waals surface area contributed by atoms with Crippen LogP contribution in [0.5, 0.6) is 0 Å². The van der Waals surface area contributed by atoms with Crippen molar-refractivity contribution in [2.45, 2.75) is 6.42 Å². The lowest BCUT2D eigenvalue weighted by Gasteiger charge is -2.08. The first kappa shape index (κ1) is 19.3. The molecule has 110 valence electrons. The molecular formula is C14H19Br2N3S. The summed E-state index contributed by atoms with van der Waals surface area (Å²) in [7, 11) is 1.95. The van der Waals surface area contributed by atoms with Crippen molar-refractivity contribution in [2.24, 2.45) is 0 Å². The van der Waals surface area contributed by atoms with E-state index in [4.69, 9.17) is 5.41 Å². The number of halogens is 2. The van der Waals surface area contributed by atoms with Crippen molar-refractivity contribution in [3.63, 3.8) is 0 Å². The maximum Gasteiger partial charge on any atom is 0.140 e. The van der Waals surface area contributed by atoms with Gasteiger partial charge in [-0.25, -0.2) is 0 Å². The minimum absolute atomic E-state index is 0. The Balaban J connectivity index is 0.00000180. The van der Waals surface area contributed by atoms with Gasteiger partial charge in [0.25, 0.3) is 0 Å². The predicted octanol–water partition coefficient (Wildman–Crippen LogP) is 4.10. The molecule has 0 aliphatic carbocycles. The highest BCUT2D eigenvalue weighted by molar-refractivity contribution is 8.93. The normalized spacial score (nSPS) is 9.25. The van der Waals surface area contributed by atoms with Crippen LogP contribution in [0.4, 0.5) is 5.69 Å². The Hall–Kier alpha value is -0.690. The van der Waals surface area contributed by atoms with Crippen LogP contribution in [-0.4, -0.2) is 19.4 Å². The van der Waals surface area contributed by atoms with Gasteiger partial charge in [-0.2, -0.15) is 0 Å². The van der Waals surface area contributed by atoms with E-state index in [1.807, 2.05) is 36.7 Å². The van der Waals surface area contributed by atoms with Crippen molar-refractivity contribution in [2.75, 3.05) is 18.9 Å². The molecule has 0 saturated carbocycles. The molecule has 0 spiro atoms. The zero-order valence-corrected chi connectivity index (χ0v) is 15.4. The van der Waals surface area contributed by atoms with Gasteiger partial charge < -0.3 is 10.6 Å². The molecule has 20 heavy (non-hydrogen) atoms. The van der Waals surface area contributed by atoms with Crippen LogP contribution in [0, 0.1) is 5.41 Å². The number of benzene rings is 1. The van der Waals surface area contributed by atoms with E-state index in [2.05, 4.69) is 22.8 Å². The Morgan fingerprint density at radius 3 is 2.65 bits per heavy atom. The van der Waals surface area contributed by atoms with Crippen molar-refractivity contribution in [3.8, 4) is 0 Å². The molecule has 2 aromatic rings. The Morgan fingerprint density at radius 1 is 1.20 bits per heavy atom. The first-order valence-corrected chi connectivity index (χ1v) is 6.80. The number of anilines is 1. The van der Waals surface area contributed by atoms with Gasteiger partial charge in [0.15, 0.2) is 0 Å². The van der Waals surface area contributed by atoms with E-state index in [0.29, 0.717) is 5.84 Å². The van der Waals surface area contributed by atoms with Gasteiger partial charge in [0.2, 0.25) is 0 Å². The molecule has 0 amide bonds. The molecule has 6 heteroatoms. The summed E-state index contributed by atoms with van der Waals surface area (Å²) >= 11 is 1.57. The van der Waals surface area contributed by atoms with Crippen LogP contribution in [0.15, 0.2) is 41.8 Å². The minimum atomic E-state index is 0. The third kappa shape index (κ3) is 5.75. The van der Waals surface area contributed by atoms with E-state index in [0.717, 1.165) is 23.5 Å². The Morgan fingerprint density at radius 2 is 2.00 bits per heavy atom. The van der Waals surface area contributed by atoms with Crippen LogP contribution >= 0.6 is 45.3 Å². The highest BCUT2D eigenvalue weighted by Crippen LogP contribution is 2.15. The summed E-state index contributed by atoms with van der Waals surface area (Å²) in [4.78, 5) is 0.954. The maximum absolute atomic E-state index is 7.98. The van der Waals surface area contributed by atoms with E-state index < -0.39 is 0 Å². The zero-order valence-electron chi connectivity index (χ0n) is 11.2. The van der Waals surface area contributed by atoms with Gasteiger partial charge in [-0.1, -0.05) is 18.2 Å². The first-order valence-electron chi connectivity index (χ1n) is 5.92. The van der Waals surface area contributed by atoms with E-state index in [1.54, 1.807) is 11.3 Å². The van der Waals surface area contributed by atoms with Crippen LogP contribution in [0.3, 0.4) is 0 Å². The summed E-state index contributed by atoms with van der Waals surface area (Å²) in [6, 6.07) is 12.1. The van der Waals surface area contributed by atoms with Gasteiger partial charge in [-0.3, -0.25) is 5.41 Å². The molecule has 0 bridgehead atoms. The third-order valence-corrected chi connectivity index (χ3v) is 3.51. The molecule has 0 fully saturated rings. The second kappa shape index (κ2) is 10.1. The number of amidine groups is 1. The van der Waals surface area contributed by atoms with Gasteiger partial charge in [0.05, 0.1) is 4.88 Å². The largest absolute Gasteiger partial charge is 0.340 e. The van der Waals surface area contributed by atoms with Crippen molar-refractivity contribution < 1.29 is 0 Å². The van der Waals surface area contributed by atoms with E-state index in [9.17, 15) is 0 Å². The fourth-order valence-electron chi connectivity index (χ4n) is 1.70. The standard InChI is InChI=1S/C14H17N3S.2BrH/c1-16-8-7-11-4-2-5-12(10-11)17-14(15)13-6-3-9-18-13;;/h2-6,9-10,16H,7-8H2,1H3,(H2,15,17);2*1H. The molecule has 1 aromatic heterocycles. The minimum Gasteiger partial charge on any atom is -0.340 e. The topological polar surface area (TPSA) is 47.9 Å². The second-order valence-corrected chi connectivity index (χ2v) is 4.98. The highest BCUT2D eigenvalue weighted by Gasteiger charge is 2.03. The molecule has 0 aliphatic heterocycles. The summed E-state index contributed by atoms with van der Waals surface area (Å²) in [5, 5.41) is 16.2. The molecule has 0 radical (unpaired) electrons. The molecule has 0 atom stereocenters. The molecule has 0 aliphatic rings. The van der Waals surface area contributed by atoms with Crippen LogP contribution in [-0.2, 0) is 6.42 Å². The quantitative estimate of drug-likeness (QED) is 0.503. The predicted molar refractivity (Wildman–Crippen MR) is 99.5 cm³/mol. The fourth-order valence-corrected chi connectivity index (χ4v) is 2.33. The number of likely N-dealkylation sites (N-methyl/N-ethyl adjacent to an activating group) is 1. The van der Waals surface area contributed by atoms with Gasteiger partial charge in [-0.05, 0) is 49.2 Å². The molecule has 3 nitrogen and oxygen atoms in total. The average Bonchev–Trinajstić information content (AvgIpc) is 2.91. The zero-order chi connectivity index (χ0) is 12.8. The highest BCUT2D eigenvalue weighted by atomic mass is 79.9. The first-order chi connectivity index (χ1) is 8.79. The fraction of sp³-hybridized carbons (Fsp3) is 0.214. The molecule has 1 aromatic carbocycles. The summed E-state index contributed by atoms with van der Waals surface area (Å²) in [5.41, 5.74) is 2.25. The maximum atomic E-state index is 7.98. The van der Waals surface area contributed by atoms with Crippen molar-refractivity contribution in [1.29, 1.82) is 5.41 Å². The van der Waals surface area contributed by atoms with Crippen LogP contribution in [0.25, 0.3) is 0 Å². The lowest BCUT2D eigenvalue weighted by Crippen LogP contribution is -2.12. The van der Waals surface area contributed by atoms with E-state index >= 15 is 0 Å². The van der Waals surface area contributed by atoms with Crippen LogP contribution < -0.4 is 10.6 Å². The number of hydrogen-bond donors (Lipinski definition) is 3. The van der Waals surface area contributed by atoms with Gasteiger partial charge in [-0.15, -0.1) is 45.3 Å². The van der Waals surface area contributed by atoms with Crippen molar-refractivity contribution >= 4 is 56.8 Å². The molecule has 0 unspecified atom stereocenters. The Kier molecular flexibility index (Phi) is 9.75. The second-order valence-electron chi connectivity index (χ2n) is 4.03. The van der Waals surface area contributed by atoms with Gasteiger partial charge >= 0.3 is 0 Å². The molecule has 1 heterocycles. The molecule has 3 N–H and O–H groups in total. The summed E-state index contributed by atoms with van der Waals surface area (Å²) in [5.74, 6) is 0.454. The molecular weight excluding hydrogens is 402 g/mol. The number of nitrogens with one attached hydrogen (secondary N) is 3. The smallest absolute Gasteiger partial charge is 0.140 e. The van der Waals surface area contributed by atoms with Gasteiger partial charge in [0.1, 0.15) is 5.84 Å². The lowest BCUT2D eigenvalue weighted by molar-refractivity contribution is 0.792. The molecule has 2 rings (SSSR count). The Bertz CT molecular complexity index is 515. The number of hydrogen-bond acceptors (Lipinski definition) is 3. The van der Waals surface area contributed by atoms with E-state index in [-0.39, 0.29) is 34.0 Å². The monoisotopic (exact) mass is 419 g/mol. The molecule has 0 saturated heterocycles. The summed E-state index contributed by atoms with van der Waals surface area (Å²) < 4.78 is 0. The average molecular weight is 421 g/mol. The third-order valence-electron chi connectivity index (χ3n) is 2.63. The number of thiophene rings is 1. The number of rotatable bonds is 5. The van der Waals surface area contributed by atoms with E-state index in [1.165, 1.54) is 5.56 Å². The van der Waals surface area contributed by atoms with Crippen LogP contribution in [0.2, 0.25) is 0 Å². The summed E-state index contributed by atoms with van der Waals surface area (Å²) in [6.07, 6.45) is 0.998. The van der Waals surface area contributed by atoms with Crippen LogP contribution in [0.1, 0.15) is 10.4 Å². The van der Waals surface area contributed by atoms with Crippen molar-refractivity contribution in [3.05, 3.63) is 52.2 Å². The summed E-state index contributed by atoms with van der Waals surface area (Å²) in [6.45, 7) is 0.964. The Labute approximate surface area is 144 Å². The van der Waals surface area contributed by atoms with Gasteiger partial charge in [0, 0.05) is 5.69 Å². The SMILES string of the molecule is Br.Br.CNCCc1cccc(NC(=N)c2cccs2)c1. The van der Waals surface area contributed by atoms with Crippen molar-refractivity contribution in [1.82, 2.24) is 5.32 Å². The lowest BCUT2D eigenvalue weighted by atomic mass is 10.1.